The number of thiocarbonyl (C=S) groups is 1. The molecule has 0 fully saturated rings. The van der Waals surface area contributed by atoms with Crippen molar-refractivity contribution < 1.29 is 0 Å². The summed E-state index contributed by atoms with van der Waals surface area (Å²) in [6, 6.07) is 16.4. The monoisotopic (exact) mass is 340 g/mol. The van der Waals surface area contributed by atoms with Gasteiger partial charge in [0.1, 0.15) is 0 Å². The molecule has 24 heavy (non-hydrogen) atoms. The van der Waals surface area contributed by atoms with Crippen LogP contribution in [0.15, 0.2) is 53.6 Å². The summed E-state index contributed by atoms with van der Waals surface area (Å²) in [5.74, 6) is 0. The summed E-state index contributed by atoms with van der Waals surface area (Å²) in [6.45, 7) is 8.37. The van der Waals surface area contributed by atoms with E-state index in [1.807, 2.05) is 31.2 Å². The molecule has 5 heteroatoms. The first-order valence-corrected chi connectivity index (χ1v) is 8.55. The van der Waals surface area contributed by atoms with Gasteiger partial charge in [-0.25, -0.2) is 0 Å². The molecule has 2 rings (SSSR count). The van der Waals surface area contributed by atoms with E-state index in [4.69, 9.17) is 12.2 Å². The minimum Gasteiger partial charge on any atom is -0.372 e. The molecule has 0 aromatic heterocycles. The Labute approximate surface area is 149 Å². The SMILES string of the molecule is CCN(CC)c1ccc(/C=N/NC(=S)Nc2cccc(C)c2)cc1. The van der Waals surface area contributed by atoms with Crippen molar-refractivity contribution in [2.75, 3.05) is 23.3 Å². The summed E-state index contributed by atoms with van der Waals surface area (Å²) in [5.41, 5.74) is 7.22. The number of aryl methyl sites for hydroxylation is 1. The van der Waals surface area contributed by atoms with Crippen LogP contribution in [0.25, 0.3) is 0 Å². The van der Waals surface area contributed by atoms with Gasteiger partial charge >= 0.3 is 0 Å². The summed E-state index contributed by atoms with van der Waals surface area (Å²) in [7, 11) is 0. The highest BCUT2D eigenvalue weighted by molar-refractivity contribution is 7.80. The molecule has 0 saturated heterocycles. The molecule has 2 aromatic carbocycles. The minimum absolute atomic E-state index is 0.469. The Morgan fingerprint density at radius 2 is 1.83 bits per heavy atom. The Bertz CT molecular complexity index is 691. The molecule has 0 amide bonds. The third-order valence-electron chi connectivity index (χ3n) is 3.68. The second-order valence-electron chi connectivity index (χ2n) is 5.46. The van der Waals surface area contributed by atoms with E-state index in [9.17, 15) is 0 Å². The van der Waals surface area contributed by atoms with Crippen LogP contribution in [0.2, 0.25) is 0 Å². The second-order valence-corrected chi connectivity index (χ2v) is 5.87. The minimum atomic E-state index is 0.469. The average Bonchev–Trinajstić information content (AvgIpc) is 2.57. The third-order valence-corrected chi connectivity index (χ3v) is 3.87. The van der Waals surface area contributed by atoms with Crippen LogP contribution in [0.4, 0.5) is 11.4 Å². The van der Waals surface area contributed by atoms with Gasteiger partial charge < -0.3 is 10.2 Å². The lowest BCUT2D eigenvalue weighted by Crippen LogP contribution is -2.23. The van der Waals surface area contributed by atoms with Crippen molar-refractivity contribution in [1.29, 1.82) is 0 Å². The lowest BCUT2D eigenvalue weighted by molar-refractivity contribution is 0.866. The van der Waals surface area contributed by atoms with Crippen molar-refractivity contribution in [3.8, 4) is 0 Å². The molecule has 2 N–H and O–H groups in total. The summed E-state index contributed by atoms with van der Waals surface area (Å²) in [4.78, 5) is 2.31. The van der Waals surface area contributed by atoms with Crippen LogP contribution < -0.4 is 15.6 Å². The molecule has 0 bridgehead atoms. The smallest absolute Gasteiger partial charge is 0.191 e. The Balaban J connectivity index is 1.88. The molecule has 0 spiro atoms. The van der Waals surface area contributed by atoms with Gasteiger partial charge in [-0.3, -0.25) is 5.43 Å². The van der Waals surface area contributed by atoms with Crippen molar-refractivity contribution in [2.45, 2.75) is 20.8 Å². The van der Waals surface area contributed by atoms with Crippen molar-refractivity contribution in [1.82, 2.24) is 5.43 Å². The lowest BCUT2D eigenvalue weighted by atomic mass is 10.2. The Morgan fingerprint density at radius 3 is 2.46 bits per heavy atom. The zero-order chi connectivity index (χ0) is 17.4. The highest BCUT2D eigenvalue weighted by atomic mass is 32.1. The number of nitrogens with one attached hydrogen (secondary N) is 2. The van der Waals surface area contributed by atoms with E-state index in [1.165, 1.54) is 11.3 Å². The number of rotatable bonds is 6. The Hall–Kier alpha value is -2.40. The first kappa shape index (κ1) is 17.9. The molecule has 0 radical (unpaired) electrons. The highest BCUT2D eigenvalue weighted by Crippen LogP contribution is 2.14. The fourth-order valence-electron chi connectivity index (χ4n) is 2.41. The molecule has 4 nitrogen and oxygen atoms in total. The quantitative estimate of drug-likeness (QED) is 0.470. The molecule has 0 unspecified atom stereocenters. The van der Waals surface area contributed by atoms with Gasteiger partial charge in [-0.05, 0) is 68.4 Å². The van der Waals surface area contributed by atoms with Gasteiger partial charge in [-0.15, -0.1) is 0 Å². The van der Waals surface area contributed by atoms with Crippen LogP contribution in [0.3, 0.4) is 0 Å². The molecule has 0 aliphatic rings. The predicted octanol–water partition coefficient (Wildman–Crippen LogP) is 4.16. The Kier molecular flexibility index (Phi) is 6.75. The first-order valence-electron chi connectivity index (χ1n) is 8.14. The van der Waals surface area contributed by atoms with Crippen LogP contribution >= 0.6 is 12.2 Å². The van der Waals surface area contributed by atoms with Crippen molar-refractivity contribution in [2.24, 2.45) is 5.10 Å². The summed E-state index contributed by atoms with van der Waals surface area (Å²) in [5, 5.41) is 7.76. The molecule has 126 valence electrons. The topological polar surface area (TPSA) is 39.7 Å². The van der Waals surface area contributed by atoms with E-state index in [2.05, 4.69) is 58.9 Å². The molecule has 0 aliphatic heterocycles. The number of anilines is 2. The molecule has 0 aliphatic carbocycles. The number of hydrazone groups is 1. The van der Waals surface area contributed by atoms with Gasteiger partial charge in [0, 0.05) is 24.5 Å². The van der Waals surface area contributed by atoms with Gasteiger partial charge in [-0.1, -0.05) is 24.3 Å². The van der Waals surface area contributed by atoms with Crippen molar-refractivity contribution >= 4 is 34.9 Å². The van der Waals surface area contributed by atoms with Gasteiger partial charge in [0.2, 0.25) is 0 Å². The van der Waals surface area contributed by atoms with E-state index < -0.39 is 0 Å². The van der Waals surface area contributed by atoms with Crippen LogP contribution in [-0.4, -0.2) is 24.4 Å². The van der Waals surface area contributed by atoms with E-state index in [-0.39, 0.29) is 0 Å². The second kappa shape index (κ2) is 9.03. The van der Waals surface area contributed by atoms with Gasteiger partial charge in [0.05, 0.1) is 6.21 Å². The molecule has 0 heterocycles. The van der Waals surface area contributed by atoms with Crippen molar-refractivity contribution in [3.63, 3.8) is 0 Å². The first-order chi connectivity index (χ1) is 11.6. The van der Waals surface area contributed by atoms with Gasteiger partial charge in [-0.2, -0.15) is 5.10 Å². The molecular weight excluding hydrogens is 316 g/mol. The zero-order valence-corrected chi connectivity index (χ0v) is 15.2. The maximum Gasteiger partial charge on any atom is 0.191 e. The zero-order valence-electron chi connectivity index (χ0n) is 14.4. The summed E-state index contributed by atoms with van der Waals surface area (Å²) in [6.07, 6.45) is 1.76. The Morgan fingerprint density at radius 1 is 1.12 bits per heavy atom. The molecule has 2 aromatic rings. The summed E-state index contributed by atoms with van der Waals surface area (Å²) >= 11 is 5.24. The molecule has 0 atom stereocenters. The molecule has 0 saturated carbocycles. The van der Waals surface area contributed by atoms with Gasteiger partial charge in [0.15, 0.2) is 5.11 Å². The average molecular weight is 340 g/mol. The van der Waals surface area contributed by atoms with Crippen LogP contribution in [0, 0.1) is 6.92 Å². The van der Waals surface area contributed by atoms with Crippen molar-refractivity contribution in [3.05, 3.63) is 59.7 Å². The maximum atomic E-state index is 5.24. The lowest BCUT2D eigenvalue weighted by Gasteiger charge is -2.20. The number of hydrogen-bond donors (Lipinski definition) is 2. The van der Waals surface area contributed by atoms with Crippen LogP contribution in [0.5, 0.6) is 0 Å². The predicted molar refractivity (Wildman–Crippen MR) is 108 cm³/mol. The number of nitrogens with zero attached hydrogens (tertiary/aromatic N) is 2. The van der Waals surface area contributed by atoms with E-state index in [1.54, 1.807) is 6.21 Å². The van der Waals surface area contributed by atoms with Crippen LogP contribution in [0.1, 0.15) is 25.0 Å². The number of benzene rings is 2. The molecular formula is C19H24N4S. The van der Waals surface area contributed by atoms with Gasteiger partial charge in [0.25, 0.3) is 0 Å². The third kappa shape index (κ3) is 5.35. The van der Waals surface area contributed by atoms with Crippen LogP contribution in [-0.2, 0) is 0 Å². The largest absolute Gasteiger partial charge is 0.372 e. The fourth-order valence-corrected chi connectivity index (χ4v) is 2.58. The number of hydrogen-bond acceptors (Lipinski definition) is 3. The maximum absolute atomic E-state index is 5.24. The highest BCUT2D eigenvalue weighted by Gasteiger charge is 2.00. The normalized spacial score (nSPS) is 10.6. The standard InChI is InChI=1S/C19H24N4S/c1-4-23(5-2)18-11-9-16(10-12-18)14-20-22-19(24)21-17-8-6-7-15(3)13-17/h6-14H,4-5H2,1-3H3,(H2,21,22,24)/b20-14+. The van der Waals surface area contributed by atoms with E-state index in [0.29, 0.717) is 5.11 Å². The van der Waals surface area contributed by atoms with E-state index >= 15 is 0 Å². The fraction of sp³-hybridized carbons (Fsp3) is 0.263. The summed E-state index contributed by atoms with van der Waals surface area (Å²) < 4.78 is 0. The van der Waals surface area contributed by atoms with E-state index in [0.717, 1.165) is 24.3 Å².